The minimum atomic E-state index is -0.128. The highest BCUT2D eigenvalue weighted by atomic mass is 35.5. The minimum Gasteiger partial charge on any atom is -0.335 e. The number of H-pyrrole nitrogens is 2. The largest absolute Gasteiger partial charge is 0.335 e. The van der Waals surface area contributed by atoms with Crippen LogP contribution in [0.3, 0.4) is 0 Å². The summed E-state index contributed by atoms with van der Waals surface area (Å²) in [4.78, 5) is 18.8. The highest BCUT2D eigenvalue weighted by Gasteiger charge is 2.29. The van der Waals surface area contributed by atoms with Crippen molar-refractivity contribution in [2.24, 2.45) is 11.8 Å². The lowest BCUT2D eigenvalue weighted by molar-refractivity contribution is 0.262. The van der Waals surface area contributed by atoms with E-state index in [0.29, 0.717) is 39.0 Å². The highest BCUT2D eigenvalue weighted by Crippen LogP contribution is 2.41. The molecule has 0 radical (unpaired) electrons. The van der Waals surface area contributed by atoms with Crippen molar-refractivity contribution in [3.63, 3.8) is 0 Å². The first-order valence-corrected chi connectivity index (χ1v) is 11.3. The molecule has 29 heavy (non-hydrogen) atoms. The zero-order valence-electron chi connectivity index (χ0n) is 16.1. The first-order valence-electron chi connectivity index (χ1n) is 10.1. The average molecular weight is 447 g/mol. The monoisotopic (exact) mass is 446 g/mol. The fourth-order valence-corrected chi connectivity index (χ4v) is 5.37. The smallest absolute Gasteiger partial charge is 0.255 e. The molecule has 1 saturated carbocycles. The lowest BCUT2D eigenvalue weighted by Gasteiger charge is -2.33. The molecular formula is C23H24Cl2N2OS. The molecule has 3 nitrogen and oxygen atoms in total. The van der Waals surface area contributed by atoms with Gasteiger partial charge in [-0.15, -0.1) is 0 Å². The van der Waals surface area contributed by atoms with Gasteiger partial charge in [-0.3, -0.25) is 9.78 Å². The van der Waals surface area contributed by atoms with Crippen LogP contribution in [0.2, 0.25) is 10.0 Å². The first-order chi connectivity index (χ1) is 14.0. The molecule has 152 valence electrons. The standard InChI is InChI=1S/C23H24Cl2N2OS/c24-18-11-10-17(20(25)13-18)12-19-21(26-23(29)27-22(19)28)16-8-6-15(7-9-16)14-4-2-1-3-5-14/h1-4,10-11,13-16H,5-9,12H2,(H2,26,27,28,29). The number of aromatic amines is 2. The Morgan fingerprint density at radius 2 is 1.86 bits per heavy atom. The third kappa shape index (κ3) is 4.76. The molecule has 0 saturated heterocycles. The Morgan fingerprint density at radius 1 is 1.07 bits per heavy atom. The Kier molecular flexibility index (Phi) is 6.43. The zero-order chi connectivity index (χ0) is 20.4. The van der Waals surface area contributed by atoms with E-state index in [4.69, 9.17) is 35.4 Å². The summed E-state index contributed by atoms with van der Waals surface area (Å²) < 4.78 is 0.387. The van der Waals surface area contributed by atoms with Crippen molar-refractivity contribution in [3.8, 4) is 0 Å². The summed E-state index contributed by atoms with van der Waals surface area (Å²) in [6.07, 6.45) is 15.0. The minimum absolute atomic E-state index is 0.128. The number of nitrogens with one attached hydrogen (secondary N) is 2. The summed E-state index contributed by atoms with van der Waals surface area (Å²) in [6.45, 7) is 0. The Bertz CT molecular complexity index is 1060. The van der Waals surface area contributed by atoms with E-state index in [1.807, 2.05) is 6.07 Å². The lowest BCUT2D eigenvalue weighted by Crippen LogP contribution is -2.25. The van der Waals surface area contributed by atoms with Crippen LogP contribution >= 0.6 is 35.4 Å². The van der Waals surface area contributed by atoms with Crippen LogP contribution in [0, 0.1) is 16.6 Å². The molecule has 0 bridgehead atoms. The fraction of sp³-hybridized carbons (Fsp3) is 0.391. The summed E-state index contributed by atoms with van der Waals surface area (Å²) >= 11 is 17.7. The van der Waals surface area contributed by atoms with Gasteiger partial charge in [0.15, 0.2) is 4.77 Å². The normalized spacial score (nSPS) is 24.0. The second-order valence-electron chi connectivity index (χ2n) is 8.04. The molecule has 0 spiro atoms. The summed E-state index contributed by atoms with van der Waals surface area (Å²) in [5, 5.41) is 1.16. The van der Waals surface area contributed by atoms with E-state index in [1.165, 1.54) is 12.8 Å². The van der Waals surface area contributed by atoms with Crippen LogP contribution in [0.4, 0.5) is 0 Å². The van der Waals surface area contributed by atoms with Crippen molar-refractivity contribution in [2.75, 3.05) is 0 Å². The van der Waals surface area contributed by atoms with Crippen molar-refractivity contribution in [3.05, 3.63) is 84.5 Å². The van der Waals surface area contributed by atoms with Gasteiger partial charge in [-0.1, -0.05) is 53.6 Å². The highest BCUT2D eigenvalue weighted by molar-refractivity contribution is 7.71. The van der Waals surface area contributed by atoms with Gasteiger partial charge < -0.3 is 4.98 Å². The molecule has 0 aliphatic heterocycles. The molecule has 4 rings (SSSR count). The van der Waals surface area contributed by atoms with Crippen molar-refractivity contribution in [1.29, 1.82) is 0 Å². The summed E-state index contributed by atoms with van der Waals surface area (Å²) in [5.74, 6) is 1.68. The van der Waals surface area contributed by atoms with Gasteiger partial charge in [0, 0.05) is 27.7 Å². The van der Waals surface area contributed by atoms with Crippen molar-refractivity contribution < 1.29 is 0 Å². The summed E-state index contributed by atoms with van der Waals surface area (Å²) in [6, 6.07) is 5.41. The molecule has 1 unspecified atom stereocenters. The second-order valence-corrected chi connectivity index (χ2v) is 9.29. The van der Waals surface area contributed by atoms with E-state index in [2.05, 4.69) is 34.3 Å². The van der Waals surface area contributed by atoms with Crippen molar-refractivity contribution >= 4 is 35.4 Å². The average Bonchev–Trinajstić information content (AvgIpc) is 2.72. The first kappa shape index (κ1) is 20.6. The van der Waals surface area contributed by atoms with Gasteiger partial charge in [-0.05, 0) is 79.8 Å². The van der Waals surface area contributed by atoms with Gasteiger partial charge in [-0.2, -0.15) is 0 Å². The SMILES string of the molecule is O=c1[nH]c(=S)[nH]c(C2CCC(C3C=CC=CC3)CC2)c1Cc1ccc(Cl)cc1Cl. The van der Waals surface area contributed by atoms with Gasteiger partial charge in [-0.25, -0.2) is 0 Å². The van der Waals surface area contributed by atoms with E-state index >= 15 is 0 Å². The van der Waals surface area contributed by atoms with Crippen LogP contribution < -0.4 is 5.56 Å². The number of benzene rings is 1. The van der Waals surface area contributed by atoms with E-state index < -0.39 is 0 Å². The zero-order valence-corrected chi connectivity index (χ0v) is 18.4. The van der Waals surface area contributed by atoms with Crippen LogP contribution in [0.1, 0.15) is 54.8 Å². The van der Waals surface area contributed by atoms with Crippen LogP contribution in [-0.2, 0) is 6.42 Å². The van der Waals surface area contributed by atoms with Gasteiger partial charge in [0.2, 0.25) is 0 Å². The number of halogens is 2. The quantitative estimate of drug-likeness (QED) is 0.510. The molecule has 1 atom stereocenters. The molecule has 2 aliphatic carbocycles. The molecule has 6 heteroatoms. The van der Waals surface area contributed by atoms with E-state index in [1.54, 1.807) is 12.1 Å². The summed E-state index contributed by atoms with van der Waals surface area (Å²) in [7, 11) is 0. The van der Waals surface area contributed by atoms with E-state index in [-0.39, 0.29) is 5.56 Å². The van der Waals surface area contributed by atoms with Gasteiger partial charge in [0.1, 0.15) is 0 Å². The van der Waals surface area contributed by atoms with E-state index in [9.17, 15) is 4.79 Å². The number of allylic oxidation sites excluding steroid dienone is 4. The molecule has 2 N–H and O–H groups in total. The predicted octanol–water partition coefficient (Wildman–Crippen LogP) is 6.74. The maximum atomic E-state index is 12.8. The van der Waals surface area contributed by atoms with E-state index in [0.717, 1.165) is 36.1 Å². The number of hydrogen-bond donors (Lipinski definition) is 2. The molecule has 1 aromatic carbocycles. The number of aromatic nitrogens is 2. The Balaban J connectivity index is 1.57. The molecule has 2 aliphatic rings. The maximum absolute atomic E-state index is 12.8. The number of hydrogen-bond acceptors (Lipinski definition) is 2. The van der Waals surface area contributed by atoms with Crippen LogP contribution in [0.15, 0.2) is 47.3 Å². The Morgan fingerprint density at radius 3 is 2.55 bits per heavy atom. The molecule has 1 fully saturated rings. The summed E-state index contributed by atoms with van der Waals surface area (Å²) in [5.41, 5.74) is 2.47. The maximum Gasteiger partial charge on any atom is 0.255 e. The molecule has 0 amide bonds. The predicted molar refractivity (Wildman–Crippen MR) is 123 cm³/mol. The van der Waals surface area contributed by atoms with Crippen molar-refractivity contribution in [2.45, 2.75) is 44.4 Å². The number of rotatable bonds is 4. The second kappa shape index (κ2) is 9.03. The topological polar surface area (TPSA) is 48.6 Å². The van der Waals surface area contributed by atoms with Gasteiger partial charge in [0.25, 0.3) is 5.56 Å². The lowest BCUT2D eigenvalue weighted by atomic mass is 9.72. The molecule has 2 aromatic rings. The third-order valence-corrected chi connectivity index (χ3v) is 7.05. The fourth-order valence-electron chi connectivity index (χ4n) is 4.69. The van der Waals surface area contributed by atoms with Crippen LogP contribution in [0.5, 0.6) is 0 Å². The third-order valence-electron chi connectivity index (χ3n) is 6.26. The van der Waals surface area contributed by atoms with Crippen molar-refractivity contribution in [1.82, 2.24) is 9.97 Å². The molecule has 1 aromatic heterocycles. The Hall–Kier alpha value is -1.62. The van der Waals surface area contributed by atoms with Gasteiger partial charge >= 0.3 is 0 Å². The molecular weight excluding hydrogens is 423 g/mol. The Labute approximate surface area is 185 Å². The van der Waals surface area contributed by atoms with Crippen LogP contribution in [-0.4, -0.2) is 9.97 Å². The molecule has 1 heterocycles. The van der Waals surface area contributed by atoms with Gasteiger partial charge in [0.05, 0.1) is 0 Å². The van der Waals surface area contributed by atoms with Crippen LogP contribution in [0.25, 0.3) is 0 Å².